The van der Waals surface area contributed by atoms with Gasteiger partial charge in [0.25, 0.3) is 0 Å². The molecule has 2 aromatic rings. The van der Waals surface area contributed by atoms with Gasteiger partial charge in [-0.05, 0) is 37.0 Å². The molecule has 0 fully saturated rings. The molecule has 0 atom stereocenters. The summed E-state index contributed by atoms with van der Waals surface area (Å²) in [6.07, 6.45) is 0. The number of aromatic nitrogens is 2. The van der Waals surface area contributed by atoms with Crippen LogP contribution in [0.15, 0.2) is 28.1 Å². The first-order chi connectivity index (χ1) is 8.90. The van der Waals surface area contributed by atoms with Gasteiger partial charge in [-0.15, -0.1) is 0 Å². The zero-order valence-corrected chi connectivity index (χ0v) is 13.0. The summed E-state index contributed by atoms with van der Waals surface area (Å²) in [6, 6.07) is 6.47. The SMILES string of the molecule is Cc1ccc(C)c(Sc2c(N)c(C(C)C)nn2C)c1. The van der Waals surface area contributed by atoms with Gasteiger partial charge in [0.05, 0.1) is 11.4 Å². The molecule has 0 bridgehead atoms. The fourth-order valence-electron chi connectivity index (χ4n) is 2.01. The molecule has 2 rings (SSSR count). The van der Waals surface area contributed by atoms with Gasteiger partial charge in [0.1, 0.15) is 5.03 Å². The summed E-state index contributed by atoms with van der Waals surface area (Å²) in [7, 11) is 1.95. The van der Waals surface area contributed by atoms with Crippen molar-refractivity contribution in [2.24, 2.45) is 7.05 Å². The fourth-order valence-corrected chi connectivity index (χ4v) is 3.08. The van der Waals surface area contributed by atoms with Crippen molar-refractivity contribution < 1.29 is 0 Å². The number of aryl methyl sites for hydroxylation is 3. The summed E-state index contributed by atoms with van der Waals surface area (Å²) in [5.74, 6) is 0.346. The number of nitrogens with zero attached hydrogens (tertiary/aromatic N) is 2. The van der Waals surface area contributed by atoms with Gasteiger partial charge in [0.2, 0.25) is 0 Å². The summed E-state index contributed by atoms with van der Waals surface area (Å²) in [6.45, 7) is 8.46. The van der Waals surface area contributed by atoms with E-state index in [2.05, 4.69) is 51.0 Å². The number of nitrogen functional groups attached to an aromatic ring is 1. The van der Waals surface area contributed by atoms with Gasteiger partial charge in [-0.3, -0.25) is 4.68 Å². The van der Waals surface area contributed by atoms with Crippen LogP contribution in [0.4, 0.5) is 5.69 Å². The Labute approximate surface area is 119 Å². The van der Waals surface area contributed by atoms with Crippen LogP contribution in [0.25, 0.3) is 0 Å². The van der Waals surface area contributed by atoms with Crippen LogP contribution in [0.2, 0.25) is 0 Å². The highest BCUT2D eigenvalue weighted by Gasteiger charge is 2.17. The predicted octanol–water partition coefficient (Wildman–Crippen LogP) is 3.89. The van der Waals surface area contributed by atoms with Crippen molar-refractivity contribution in [1.29, 1.82) is 0 Å². The Morgan fingerprint density at radius 1 is 1.26 bits per heavy atom. The Balaban J connectivity index is 2.41. The maximum absolute atomic E-state index is 6.24. The van der Waals surface area contributed by atoms with Gasteiger partial charge in [-0.2, -0.15) is 5.10 Å². The summed E-state index contributed by atoms with van der Waals surface area (Å²) >= 11 is 1.70. The molecule has 0 aliphatic carbocycles. The summed E-state index contributed by atoms with van der Waals surface area (Å²) in [5, 5.41) is 5.55. The van der Waals surface area contributed by atoms with Crippen LogP contribution in [0, 0.1) is 13.8 Å². The van der Waals surface area contributed by atoms with E-state index in [0.29, 0.717) is 5.92 Å². The molecule has 102 valence electrons. The lowest BCUT2D eigenvalue weighted by Gasteiger charge is -2.08. The summed E-state index contributed by atoms with van der Waals surface area (Å²) < 4.78 is 1.89. The first-order valence-electron chi connectivity index (χ1n) is 6.47. The second kappa shape index (κ2) is 5.29. The fraction of sp³-hybridized carbons (Fsp3) is 0.400. The molecule has 0 spiro atoms. The van der Waals surface area contributed by atoms with Crippen LogP contribution < -0.4 is 5.73 Å². The Hall–Kier alpha value is -1.42. The Morgan fingerprint density at radius 3 is 2.53 bits per heavy atom. The molecule has 3 nitrogen and oxygen atoms in total. The molecule has 4 heteroatoms. The molecule has 1 aromatic heterocycles. The molecule has 0 aliphatic heterocycles. The van der Waals surface area contributed by atoms with Crippen LogP contribution in [0.5, 0.6) is 0 Å². The second-order valence-corrected chi connectivity index (χ2v) is 6.28. The number of rotatable bonds is 3. The molecule has 0 amide bonds. The molecule has 0 saturated carbocycles. The first kappa shape index (κ1) is 14.0. The number of benzene rings is 1. The minimum Gasteiger partial charge on any atom is -0.395 e. The number of hydrogen-bond donors (Lipinski definition) is 1. The quantitative estimate of drug-likeness (QED) is 0.924. The van der Waals surface area contributed by atoms with Crippen molar-refractivity contribution in [2.45, 2.75) is 43.5 Å². The van der Waals surface area contributed by atoms with Crippen molar-refractivity contribution in [1.82, 2.24) is 9.78 Å². The molecule has 2 N–H and O–H groups in total. The highest BCUT2D eigenvalue weighted by Crippen LogP contribution is 2.37. The van der Waals surface area contributed by atoms with Gasteiger partial charge in [0, 0.05) is 11.9 Å². The van der Waals surface area contributed by atoms with Crippen molar-refractivity contribution in [3.63, 3.8) is 0 Å². The maximum atomic E-state index is 6.24. The lowest BCUT2D eigenvalue weighted by molar-refractivity contribution is 0.671. The molecule has 1 aromatic carbocycles. The van der Waals surface area contributed by atoms with Crippen molar-refractivity contribution >= 4 is 17.4 Å². The molecule has 0 radical (unpaired) electrons. The van der Waals surface area contributed by atoms with Gasteiger partial charge >= 0.3 is 0 Å². The van der Waals surface area contributed by atoms with Crippen LogP contribution >= 0.6 is 11.8 Å². The zero-order chi connectivity index (χ0) is 14.2. The average Bonchev–Trinajstić information content (AvgIpc) is 2.62. The van der Waals surface area contributed by atoms with E-state index in [1.54, 1.807) is 11.8 Å². The standard InChI is InChI=1S/C15H21N3S/c1-9(2)14-13(16)15(18(5)17-14)19-12-8-10(3)6-7-11(12)4/h6-9H,16H2,1-5H3. The Kier molecular flexibility index (Phi) is 3.90. The highest BCUT2D eigenvalue weighted by atomic mass is 32.2. The lowest BCUT2D eigenvalue weighted by Crippen LogP contribution is -1.94. The molecule has 1 heterocycles. The number of anilines is 1. The van der Waals surface area contributed by atoms with Crippen molar-refractivity contribution in [2.75, 3.05) is 5.73 Å². The molecule has 0 saturated heterocycles. The van der Waals surface area contributed by atoms with Crippen LogP contribution in [0.3, 0.4) is 0 Å². The second-order valence-electron chi connectivity index (χ2n) is 5.25. The van der Waals surface area contributed by atoms with Crippen LogP contribution in [0.1, 0.15) is 36.6 Å². The molecular formula is C15H21N3S. The Morgan fingerprint density at radius 2 is 1.95 bits per heavy atom. The monoisotopic (exact) mass is 275 g/mol. The van der Waals surface area contributed by atoms with Gasteiger partial charge < -0.3 is 5.73 Å². The van der Waals surface area contributed by atoms with Gasteiger partial charge in [-0.1, -0.05) is 37.7 Å². The molecule has 0 aliphatic rings. The molecule has 19 heavy (non-hydrogen) atoms. The summed E-state index contributed by atoms with van der Waals surface area (Å²) in [5.41, 5.74) is 10.6. The summed E-state index contributed by atoms with van der Waals surface area (Å²) in [4.78, 5) is 1.24. The minimum atomic E-state index is 0.346. The van der Waals surface area contributed by atoms with E-state index in [1.165, 1.54) is 16.0 Å². The smallest absolute Gasteiger partial charge is 0.122 e. The third kappa shape index (κ3) is 2.78. The van der Waals surface area contributed by atoms with Crippen LogP contribution in [-0.2, 0) is 7.05 Å². The van der Waals surface area contributed by atoms with E-state index in [-0.39, 0.29) is 0 Å². The van der Waals surface area contributed by atoms with E-state index in [0.717, 1.165) is 16.4 Å². The van der Waals surface area contributed by atoms with Crippen molar-refractivity contribution in [3.05, 3.63) is 35.0 Å². The van der Waals surface area contributed by atoms with Crippen molar-refractivity contribution in [3.8, 4) is 0 Å². The largest absolute Gasteiger partial charge is 0.395 e. The van der Waals surface area contributed by atoms with E-state index >= 15 is 0 Å². The predicted molar refractivity (Wildman–Crippen MR) is 81.7 cm³/mol. The first-order valence-corrected chi connectivity index (χ1v) is 7.29. The normalized spacial score (nSPS) is 11.3. The highest BCUT2D eigenvalue weighted by molar-refractivity contribution is 7.99. The number of nitrogens with two attached hydrogens (primary N) is 1. The van der Waals surface area contributed by atoms with E-state index < -0.39 is 0 Å². The average molecular weight is 275 g/mol. The van der Waals surface area contributed by atoms with Crippen LogP contribution in [-0.4, -0.2) is 9.78 Å². The third-order valence-electron chi connectivity index (χ3n) is 3.16. The lowest BCUT2D eigenvalue weighted by atomic mass is 10.1. The van der Waals surface area contributed by atoms with E-state index in [4.69, 9.17) is 5.73 Å². The maximum Gasteiger partial charge on any atom is 0.122 e. The zero-order valence-electron chi connectivity index (χ0n) is 12.2. The molecule has 0 unspecified atom stereocenters. The van der Waals surface area contributed by atoms with E-state index in [9.17, 15) is 0 Å². The van der Waals surface area contributed by atoms with E-state index in [1.807, 2.05) is 11.7 Å². The van der Waals surface area contributed by atoms with Gasteiger partial charge in [0.15, 0.2) is 0 Å². The number of hydrogen-bond acceptors (Lipinski definition) is 3. The topological polar surface area (TPSA) is 43.8 Å². The Bertz CT molecular complexity index is 600. The van der Waals surface area contributed by atoms with Gasteiger partial charge in [-0.25, -0.2) is 0 Å². The minimum absolute atomic E-state index is 0.346. The third-order valence-corrected chi connectivity index (χ3v) is 4.49. The molecular weight excluding hydrogens is 254 g/mol.